The molecule has 6 heteroatoms. The molecule has 1 aliphatic rings. The molecule has 0 bridgehead atoms. The Bertz CT molecular complexity index is 548. The molecule has 1 saturated heterocycles. The minimum absolute atomic E-state index is 0.537. The topological polar surface area (TPSA) is 43.9 Å². The van der Waals surface area contributed by atoms with Crippen LogP contribution in [0.4, 0.5) is 0 Å². The zero-order chi connectivity index (χ0) is 16.7. The molecule has 0 saturated carbocycles. The lowest BCUT2D eigenvalue weighted by molar-refractivity contribution is 0.214. The van der Waals surface area contributed by atoms with Gasteiger partial charge in [0.2, 0.25) is 0 Å². The fourth-order valence-electron chi connectivity index (χ4n) is 3.11. The van der Waals surface area contributed by atoms with Crippen molar-refractivity contribution in [2.75, 3.05) is 39.3 Å². The van der Waals surface area contributed by atoms with Gasteiger partial charge >= 0.3 is 0 Å². The van der Waals surface area contributed by atoms with E-state index in [-0.39, 0.29) is 0 Å². The van der Waals surface area contributed by atoms with Gasteiger partial charge < -0.3 is 0 Å². The molecule has 0 aliphatic carbocycles. The first kappa shape index (κ1) is 18.4. The smallest absolute Gasteiger partial charge is 0.281 e. The maximum atomic E-state index is 12.6. The Labute approximate surface area is 141 Å². The van der Waals surface area contributed by atoms with Crippen molar-refractivity contribution < 1.29 is 8.42 Å². The molecule has 0 radical (unpaired) electrons. The first-order valence-electron chi connectivity index (χ1n) is 8.59. The van der Waals surface area contributed by atoms with Crippen molar-refractivity contribution in [3.05, 3.63) is 35.9 Å². The van der Waals surface area contributed by atoms with Gasteiger partial charge in [-0.1, -0.05) is 44.2 Å². The van der Waals surface area contributed by atoms with Crippen LogP contribution in [0.15, 0.2) is 30.3 Å². The fourth-order valence-corrected chi connectivity index (χ4v) is 4.81. The molecule has 0 aromatic heterocycles. The average Bonchev–Trinajstić information content (AvgIpc) is 2.51. The summed E-state index contributed by atoms with van der Waals surface area (Å²) in [6, 6.07) is 10.5. The van der Waals surface area contributed by atoms with Crippen LogP contribution in [0.5, 0.6) is 0 Å². The predicted molar refractivity (Wildman–Crippen MR) is 94.4 cm³/mol. The van der Waals surface area contributed by atoms with E-state index in [1.165, 1.54) is 5.56 Å². The molecule has 0 N–H and O–H groups in total. The van der Waals surface area contributed by atoms with Gasteiger partial charge in [-0.15, -0.1) is 0 Å². The lowest BCUT2D eigenvalue weighted by Gasteiger charge is -2.32. The highest BCUT2D eigenvalue weighted by Crippen LogP contribution is 2.14. The molecular formula is C17H29N3O2S. The monoisotopic (exact) mass is 339 g/mol. The summed E-state index contributed by atoms with van der Waals surface area (Å²) in [5.74, 6) is 0. The van der Waals surface area contributed by atoms with E-state index in [4.69, 9.17) is 0 Å². The van der Waals surface area contributed by atoms with E-state index >= 15 is 0 Å². The molecule has 1 fully saturated rings. The van der Waals surface area contributed by atoms with Gasteiger partial charge in [0.15, 0.2) is 0 Å². The van der Waals surface area contributed by atoms with Crippen LogP contribution in [-0.4, -0.2) is 61.2 Å². The molecule has 1 aromatic carbocycles. The van der Waals surface area contributed by atoms with Gasteiger partial charge in [-0.2, -0.15) is 17.0 Å². The summed E-state index contributed by atoms with van der Waals surface area (Å²) >= 11 is 0. The maximum absolute atomic E-state index is 12.6. The Kier molecular flexibility index (Phi) is 7.02. The van der Waals surface area contributed by atoms with E-state index in [1.54, 1.807) is 8.61 Å². The van der Waals surface area contributed by atoms with Crippen LogP contribution in [0.3, 0.4) is 0 Å². The standard InChI is InChI=1S/C17H29N3O2S/c1-3-19(4-2)23(21,22)20-14-8-12-18(13-9-15-20)16-17-10-6-5-7-11-17/h5-7,10-11H,3-4,8-9,12-16H2,1-2H3. The third kappa shape index (κ3) is 5.01. The predicted octanol–water partition coefficient (Wildman–Crippen LogP) is 2.17. The van der Waals surface area contributed by atoms with Gasteiger partial charge in [0.25, 0.3) is 10.2 Å². The maximum Gasteiger partial charge on any atom is 0.281 e. The number of benzene rings is 1. The fraction of sp³-hybridized carbons (Fsp3) is 0.647. The van der Waals surface area contributed by atoms with Crippen molar-refractivity contribution in [2.24, 2.45) is 0 Å². The molecule has 2 rings (SSSR count). The minimum Gasteiger partial charge on any atom is -0.299 e. The second kappa shape index (κ2) is 8.78. The number of hydrogen-bond acceptors (Lipinski definition) is 3. The van der Waals surface area contributed by atoms with Crippen LogP contribution >= 0.6 is 0 Å². The van der Waals surface area contributed by atoms with Crippen molar-refractivity contribution in [3.63, 3.8) is 0 Å². The summed E-state index contributed by atoms with van der Waals surface area (Å²) in [6.07, 6.45) is 1.76. The molecule has 1 aromatic rings. The van der Waals surface area contributed by atoms with E-state index in [1.807, 2.05) is 19.9 Å². The molecule has 0 atom stereocenters. The van der Waals surface area contributed by atoms with Gasteiger partial charge in [0.1, 0.15) is 0 Å². The minimum atomic E-state index is -3.29. The highest BCUT2D eigenvalue weighted by atomic mass is 32.2. The van der Waals surface area contributed by atoms with Gasteiger partial charge in [-0.05, 0) is 31.5 Å². The molecule has 1 heterocycles. The molecule has 23 heavy (non-hydrogen) atoms. The molecule has 0 amide bonds. The third-order valence-electron chi connectivity index (χ3n) is 4.37. The second-order valence-electron chi connectivity index (χ2n) is 5.96. The van der Waals surface area contributed by atoms with Crippen molar-refractivity contribution in [1.82, 2.24) is 13.5 Å². The van der Waals surface area contributed by atoms with Crippen LogP contribution in [0.2, 0.25) is 0 Å². The van der Waals surface area contributed by atoms with Crippen molar-refractivity contribution in [1.29, 1.82) is 0 Å². The van der Waals surface area contributed by atoms with Crippen molar-refractivity contribution in [2.45, 2.75) is 33.2 Å². The Balaban J connectivity index is 1.92. The van der Waals surface area contributed by atoms with Crippen LogP contribution in [0.25, 0.3) is 0 Å². The SMILES string of the molecule is CCN(CC)S(=O)(=O)N1CCCN(Cc2ccccc2)CCC1. The number of nitrogens with zero attached hydrogens (tertiary/aromatic N) is 3. The highest BCUT2D eigenvalue weighted by Gasteiger charge is 2.28. The first-order valence-corrected chi connectivity index (χ1v) is 9.99. The summed E-state index contributed by atoms with van der Waals surface area (Å²) in [5, 5.41) is 0. The second-order valence-corrected chi connectivity index (χ2v) is 7.89. The van der Waals surface area contributed by atoms with Crippen molar-refractivity contribution >= 4 is 10.2 Å². The summed E-state index contributed by atoms with van der Waals surface area (Å²) in [7, 11) is -3.29. The number of rotatable bonds is 6. The Hall–Kier alpha value is -0.950. The normalized spacial score (nSPS) is 18.7. The van der Waals surface area contributed by atoms with Crippen LogP contribution < -0.4 is 0 Å². The van der Waals surface area contributed by atoms with Crippen molar-refractivity contribution in [3.8, 4) is 0 Å². The Morgan fingerprint density at radius 1 is 0.957 bits per heavy atom. The summed E-state index contributed by atoms with van der Waals surface area (Å²) in [5.41, 5.74) is 1.32. The molecule has 0 unspecified atom stereocenters. The van der Waals surface area contributed by atoms with E-state index in [0.29, 0.717) is 26.2 Å². The third-order valence-corrected chi connectivity index (χ3v) is 6.56. The highest BCUT2D eigenvalue weighted by molar-refractivity contribution is 7.86. The molecule has 0 spiro atoms. The Morgan fingerprint density at radius 2 is 1.52 bits per heavy atom. The zero-order valence-electron chi connectivity index (χ0n) is 14.3. The van der Waals surface area contributed by atoms with E-state index < -0.39 is 10.2 Å². The quantitative estimate of drug-likeness (QED) is 0.798. The van der Waals surface area contributed by atoms with Crippen LogP contribution in [-0.2, 0) is 16.8 Å². The van der Waals surface area contributed by atoms with E-state index in [9.17, 15) is 8.42 Å². The Morgan fingerprint density at radius 3 is 2.04 bits per heavy atom. The first-order chi connectivity index (χ1) is 11.1. The van der Waals surface area contributed by atoms with Crippen LogP contribution in [0.1, 0.15) is 32.3 Å². The summed E-state index contributed by atoms with van der Waals surface area (Å²) in [6.45, 7) is 8.93. The lowest BCUT2D eigenvalue weighted by atomic mass is 10.2. The lowest BCUT2D eigenvalue weighted by Crippen LogP contribution is -2.46. The summed E-state index contributed by atoms with van der Waals surface area (Å²) < 4.78 is 28.5. The summed E-state index contributed by atoms with van der Waals surface area (Å²) in [4.78, 5) is 2.43. The zero-order valence-corrected chi connectivity index (χ0v) is 15.1. The van der Waals surface area contributed by atoms with Gasteiger partial charge in [0.05, 0.1) is 0 Å². The van der Waals surface area contributed by atoms with E-state index in [2.05, 4.69) is 29.2 Å². The molecular weight excluding hydrogens is 310 g/mol. The van der Waals surface area contributed by atoms with Gasteiger partial charge in [-0.25, -0.2) is 0 Å². The molecule has 130 valence electrons. The largest absolute Gasteiger partial charge is 0.299 e. The number of hydrogen-bond donors (Lipinski definition) is 0. The van der Waals surface area contributed by atoms with Gasteiger partial charge in [-0.3, -0.25) is 4.90 Å². The van der Waals surface area contributed by atoms with E-state index in [0.717, 1.165) is 32.5 Å². The van der Waals surface area contributed by atoms with Crippen LogP contribution in [0, 0.1) is 0 Å². The average molecular weight is 340 g/mol. The molecule has 5 nitrogen and oxygen atoms in total. The van der Waals surface area contributed by atoms with Gasteiger partial charge in [0, 0.05) is 32.7 Å². The molecule has 1 aliphatic heterocycles.